The molecule has 2 rings (SSSR count). The summed E-state index contributed by atoms with van der Waals surface area (Å²) in [6.07, 6.45) is 0.798. The molecule has 1 atom stereocenters. The highest BCUT2D eigenvalue weighted by Crippen LogP contribution is 2.30. The Morgan fingerprint density at radius 3 is 2.81 bits per heavy atom. The lowest BCUT2D eigenvalue weighted by atomic mass is 10.1. The SMILES string of the molecule is CN(c1c(N)ccc(F)c1F)C1CCOC1. The van der Waals surface area contributed by atoms with E-state index in [1.807, 2.05) is 0 Å². The van der Waals surface area contributed by atoms with Gasteiger partial charge in [0.25, 0.3) is 0 Å². The van der Waals surface area contributed by atoms with Gasteiger partial charge in [0.1, 0.15) is 0 Å². The van der Waals surface area contributed by atoms with Crippen LogP contribution >= 0.6 is 0 Å². The topological polar surface area (TPSA) is 38.5 Å². The summed E-state index contributed by atoms with van der Waals surface area (Å²) in [5.41, 5.74) is 6.03. The predicted octanol–water partition coefficient (Wildman–Crippen LogP) is 1.77. The number of nitrogens with two attached hydrogens (primary N) is 1. The van der Waals surface area contributed by atoms with Crippen LogP contribution in [0.4, 0.5) is 20.2 Å². The Morgan fingerprint density at radius 2 is 2.19 bits per heavy atom. The molecule has 0 aliphatic carbocycles. The molecule has 1 aromatic carbocycles. The van der Waals surface area contributed by atoms with Crippen molar-refractivity contribution in [1.82, 2.24) is 0 Å². The summed E-state index contributed by atoms with van der Waals surface area (Å²) in [7, 11) is 1.70. The van der Waals surface area contributed by atoms with Crippen molar-refractivity contribution >= 4 is 11.4 Å². The number of likely N-dealkylation sites (N-methyl/N-ethyl adjacent to an activating group) is 1. The Morgan fingerprint density at radius 1 is 1.44 bits per heavy atom. The highest BCUT2D eigenvalue weighted by atomic mass is 19.2. The molecule has 88 valence electrons. The molecule has 1 fully saturated rings. The molecule has 1 aromatic rings. The average Bonchev–Trinajstić information content (AvgIpc) is 2.77. The standard InChI is InChI=1S/C11H14F2N2O/c1-15(7-4-5-16-6-7)11-9(14)3-2-8(12)10(11)13/h2-3,7H,4-6,14H2,1H3. The molecule has 0 saturated carbocycles. The lowest BCUT2D eigenvalue weighted by Crippen LogP contribution is -2.33. The van der Waals surface area contributed by atoms with E-state index in [1.165, 1.54) is 6.07 Å². The summed E-state index contributed by atoms with van der Waals surface area (Å²) in [4.78, 5) is 1.65. The van der Waals surface area contributed by atoms with Crippen LogP contribution in [0, 0.1) is 11.6 Å². The first-order valence-corrected chi connectivity index (χ1v) is 5.15. The van der Waals surface area contributed by atoms with Gasteiger partial charge in [-0.15, -0.1) is 0 Å². The van der Waals surface area contributed by atoms with Crippen molar-refractivity contribution in [2.75, 3.05) is 30.9 Å². The van der Waals surface area contributed by atoms with Gasteiger partial charge in [-0.3, -0.25) is 0 Å². The van der Waals surface area contributed by atoms with Crippen LogP contribution in [0.2, 0.25) is 0 Å². The van der Waals surface area contributed by atoms with Crippen molar-refractivity contribution < 1.29 is 13.5 Å². The van der Waals surface area contributed by atoms with E-state index in [4.69, 9.17) is 10.5 Å². The van der Waals surface area contributed by atoms with Crippen LogP contribution in [0.3, 0.4) is 0 Å². The van der Waals surface area contributed by atoms with Gasteiger partial charge in [-0.2, -0.15) is 0 Å². The fourth-order valence-electron chi connectivity index (χ4n) is 1.92. The summed E-state index contributed by atoms with van der Waals surface area (Å²) in [6.45, 7) is 1.16. The fraction of sp³-hybridized carbons (Fsp3) is 0.455. The van der Waals surface area contributed by atoms with E-state index in [0.29, 0.717) is 13.2 Å². The second-order valence-corrected chi connectivity index (χ2v) is 3.93. The molecule has 2 N–H and O–H groups in total. The zero-order valence-corrected chi connectivity index (χ0v) is 9.04. The van der Waals surface area contributed by atoms with Gasteiger partial charge in [0.05, 0.1) is 24.0 Å². The van der Waals surface area contributed by atoms with Crippen molar-refractivity contribution in [2.24, 2.45) is 0 Å². The van der Waals surface area contributed by atoms with Crippen molar-refractivity contribution in [3.05, 3.63) is 23.8 Å². The zero-order valence-electron chi connectivity index (χ0n) is 9.04. The molecule has 16 heavy (non-hydrogen) atoms. The quantitative estimate of drug-likeness (QED) is 0.784. The number of nitrogen functional groups attached to an aromatic ring is 1. The molecule has 1 saturated heterocycles. The van der Waals surface area contributed by atoms with E-state index in [-0.39, 0.29) is 17.4 Å². The molecule has 3 nitrogen and oxygen atoms in total. The van der Waals surface area contributed by atoms with Gasteiger partial charge in [-0.25, -0.2) is 8.78 Å². The summed E-state index contributed by atoms with van der Waals surface area (Å²) in [5.74, 6) is -1.77. The number of anilines is 2. The van der Waals surface area contributed by atoms with E-state index in [9.17, 15) is 8.78 Å². The van der Waals surface area contributed by atoms with Crippen LogP contribution in [-0.2, 0) is 4.74 Å². The summed E-state index contributed by atoms with van der Waals surface area (Å²) < 4.78 is 32.0. The molecule has 0 amide bonds. The molecule has 1 heterocycles. The average molecular weight is 228 g/mol. The summed E-state index contributed by atoms with van der Waals surface area (Å²) in [5, 5.41) is 0. The van der Waals surface area contributed by atoms with Gasteiger partial charge in [0, 0.05) is 13.7 Å². The zero-order chi connectivity index (χ0) is 11.7. The van der Waals surface area contributed by atoms with Crippen LogP contribution in [0.25, 0.3) is 0 Å². The van der Waals surface area contributed by atoms with Gasteiger partial charge in [-0.05, 0) is 18.6 Å². The lowest BCUT2D eigenvalue weighted by molar-refractivity contribution is 0.193. The largest absolute Gasteiger partial charge is 0.397 e. The highest BCUT2D eigenvalue weighted by Gasteiger charge is 2.25. The Balaban J connectivity index is 2.34. The minimum absolute atomic E-state index is 0.0543. The van der Waals surface area contributed by atoms with E-state index in [2.05, 4.69) is 0 Å². The fourth-order valence-corrected chi connectivity index (χ4v) is 1.92. The molecule has 0 bridgehead atoms. The van der Waals surface area contributed by atoms with Crippen LogP contribution in [0.15, 0.2) is 12.1 Å². The Bertz CT molecular complexity index is 392. The minimum Gasteiger partial charge on any atom is -0.397 e. The van der Waals surface area contributed by atoms with E-state index >= 15 is 0 Å². The minimum atomic E-state index is -0.894. The van der Waals surface area contributed by atoms with Gasteiger partial charge in [-0.1, -0.05) is 0 Å². The normalized spacial score (nSPS) is 20.1. The van der Waals surface area contributed by atoms with Gasteiger partial charge >= 0.3 is 0 Å². The van der Waals surface area contributed by atoms with Crippen LogP contribution in [0.1, 0.15) is 6.42 Å². The Labute approximate surface area is 92.8 Å². The molecule has 5 heteroatoms. The molecule has 1 aliphatic rings. The van der Waals surface area contributed by atoms with Crippen LogP contribution in [0.5, 0.6) is 0 Å². The second kappa shape index (κ2) is 4.25. The second-order valence-electron chi connectivity index (χ2n) is 3.93. The maximum Gasteiger partial charge on any atom is 0.184 e. The smallest absolute Gasteiger partial charge is 0.184 e. The number of halogens is 2. The first-order valence-electron chi connectivity index (χ1n) is 5.15. The number of hydrogen-bond donors (Lipinski definition) is 1. The van der Waals surface area contributed by atoms with Crippen molar-refractivity contribution in [2.45, 2.75) is 12.5 Å². The van der Waals surface area contributed by atoms with Crippen LogP contribution < -0.4 is 10.6 Å². The third kappa shape index (κ3) is 1.82. The van der Waals surface area contributed by atoms with Gasteiger partial charge < -0.3 is 15.4 Å². The maximum absolute atomic E-state index is 13.6. The molecular weight excluding hydrogens is 214 g/mol. The summed E-state index contributed by atoms with van der Waals surface area (Å²) in [6, 6.07) is 2.46. The molecule has 0 radical (unpaired) electrons. The van der Waals surface area contributed by atoms with Crippen molar-refractivity contribution in [3.63, 3.8) is 0 Å². The molecule has 0 spiro atoms. The van der Waals surface area contributed by atoms with Crippen molar-refractivity contribution in [1.29, 1.82) is 0 Å². The number of benzene rings is 1. The van der Waals surface area contributed by atoms with Crippen molar-refractivity contribution in [3.8, 4) is 0 Å². The first-order chi connectivity index (χ1) is 7.61. The third-order valence-electron chi connectivity index (χ3n) is 2.91. The predicted molar refractivity (Wildman–Crippen MR) is 58.4 cm³/mol. The van der Waals surface area contributed by atoms with E-state index in [1.54, 1.807) is 11.9 Å². The first kappa shape index (κ1) is 11.1. The Kier molecular flexibility index (Phi) is 2.96. The van der Waals surface area contributed by atoms with Crippen LogP contribution in [-0.4, -0.2) is 26.3 Å². The molecule has 1 aliphatic heterocycles. The monoisotopic (exact) mass is 228 g/mol. The molecule has 1 unspecified atom stereocenters. The number of ether oxygens (including phenoxy) is 1. The van der Waals surface area contributed by atoms with E-state index in [0.717, 1.165) is 12.5 Å². The van der Waals surface area contributed by atoms with Gasteiger partial charge in [0.2, 0.25) is 0 Å². The molecule has 0 aromatic heterocycles. The highest BCUT2D eigenvalue weighted by molar-refractivity contribution is 5.68. The van der Waals surface area contributed by atoms with E-state index < -0.39 is 11.6 Å². The third-order valence-corrected chi connectivity index (χ3v) is 2.91. The lowest BCUT2D eigenvalue weighted by Gasteiger charge is -2.27. The maximum atomic E-state index is 13.6. The van der Waals surface area contributed by atoms with Gasteiger partial charge in [0.15, 0.2) is 11.6 Å². The Hall–Kier alpha value is -1.36. The molecular formula is C11H14F2N2O. The number of nitrogens with zero attached hydrogens (tertiary/aromatic N) is 1. The number of rotatable bonds is 2. The summed E-state index contributed by atoms with van der Waals surface area (Å²) >= 11 is 0. The number of hydrogen-bond acceptors (Lipinski definition) is 3.